The van der Waals surface area contributed by atoms with Crippen molar-refractivity contribution in [2.45, 2.75) is 0 Å². The summed E-state index contributed by atoms with van der Waals surface area (Å²) in [4.78, 5) is 2.36. The zero-order chi connectivity index (χ0) is 38.4. The van der Waals surface area contributed by atoms with E-state index in [-0.39, 0.29) is 0 Å². The number of rotatable bonds is 7. The summed E-state index contributed by atoms with van der Waals surface area (Å²) in [7, 11) is 0. The lowest BCUT2D eigenvalue weighted by molar-refractivity contribution is 0.673. The second-order valence-corrected chi connectivity index (χ2v) is 14.9. The number of anilines is 3. The van der Waals surface area contributed by atoms with E-state index in [0.29, 0.717) is 0 Å². The number of para-hydroxylation sites is 1. The third-order valence-corrected chi connectivity index (χ3v) is 11.4. The molecule has 272 valence electrons. The number of hydrogen-bond acceptors (Lipinski definition) is 2. The molecule has 0 aliphatic carbocycles. The van der Waals surface area contributed by atoms with Gasteiger partial charge in [-0.05, 0) is 121 Å². The first-order chi connectivity index (χ1) is 28.7. The summed E-state index contributed by atoms with van der Waals surface area (Å²) in [6.45, 7) is 0. The standard InChI is InChI=1S/C56H37NO/c1-3-11-38(12-4-1)43-15-9-17-45(35-43)40-23-28-48(29-24-40)57(49-30-25-41(26-31-49)46-18-10-16-44(36-46)39-13-5-2-6-14-39)50-32-34-51-47(37-50)22-21-42-27-33-53-52-19-7-8-20-54(52)58-56(53)55(42)51/h1-37H. The maximum absolute atomic E-state index is 6.54. The van der Waals surface area contributed by atoms with Crippen molar-refractivity contribution >= 4 is 60.5 Å². The van der Waals surface area contributed by atoms with E-state index in [1.807, 2.05) is 6.07 Å². The fraction of sp³-hybridized carbons (Fsp3) is 0. The van der Waals surface area contributed by atoms with Gasteiger partial charge in [0, 0.05) is 33.2 Å². The molecule has 0 atom stereocenters. The van der Waals surface area contributed by atoms with E-state index in [1.54, 1.807) is 0 Å². The van der Waals surface area contributed by atoms with Crippen LogP contribution in [0.25, 0.3) is 88.0 Å². The normalized spacial score (nSPS) is 11.4. The molecule has 0 radical (unpaired) electrons. The van der Waals surface area contributed by atoms with Crippen molar-refractivity contribution in [1.82, 2.24) is 0 Å². The topological polar surface area (TPSA) is 16.4 Å². The Hall–Kier alpha value is -7.68. The summed E-state index contributed by atoms with van der Waals surface area (Å²) < 4.78 is 6.54. The van der Waals surface area contributed by atoms with E-state index < -0.39 is 0 Å². The molecule has 0 amide bonds. The van der Waals surface area contributed by atoms with Crippen LogP contribution in [0.5, 0.6) is 0 Å². The van der Waals surface area contributed by atoms with E-state index in [0.717, 1.165) is 49.8 Å². The Kier molecular flexibility index (Phi) is 8.19. The molecule has 0 fully saturated rings. The van der Waals surface area contributed by atoms with Crippen LogP contribution in [0.2, 0.25) is 0 Å². The van der Waals surface area contributed by atoms with Crippen molar-refractivity contribution in [3.63, 3.8) is 0 Å². The van der Waals surface area contributed by atoms with E-state index in [2.05, 4.69) is 223 Å². The molecular weight excluding hydrogens is 703 g/mol. The van der Waals surface area contributed by atoms with Crippen LogP contribution in [-0.4, -0.2) is 0 Å². The summed E-state index contributed by atoms with van der Waals surface area (Å²) in [6.07, 6.45) is 0. The summed E-state index contributed by atoms with van der Waals surface area (Å²) in [5.41, 5.74) is 14.7. The van der Waals surface area contributed by atoms with Crippen LogP contribution in [0, 0.1) is 0 Å². The monoisotopic (exact) mass is 739 g/mol. The molecule has 0 bridgehead atoms. The molecule has 0 spiro atoms. The van der Waals surface area contributed by atoms with Gasteiger partial charge in [0.2, 0.25) is 0 Å². The molecule has 0 aliphatic heterocycles. The lowest BCUT2D eigenvalue weighted by atomic mass is 9.97. The highest BCUT2D eigenvalue weighted by Gasteiger charge is 2.17. The highest BCUT2D eigenvalue weighted by molar-refractivity contribution is 6.23. The number of hydrogen-bond donors (Lipinski definition) is 0. The third-order valence-electron chi connectivity index (χ3n) is 11.4. The van der Waals surface area contributed by atoms with Crippen molar-refractivity contribution in [2.24, 2.45) is 0 Å². The van der Waals surface area contributed by atoms with Crippen molar-refractivity contribution in [1.29, 1.82) is 0 Å². The average Bonchev–Trinajstić information content (AvgIpc) is 3.69. The minimum absolute atomic E-state index is 0.912. The fourth-order valence-corrected chi connectivity index (χ4v) is 8.53. The summed E-state index contributed by atoms with van der Waals surface area (Å²) in [6, 6.07) is 80.6. The van der Waals surface area contributed by atoms with E-state index in [4.69, 9.17) is 4.42 Å². The zero-order valence-corrected chi connectivity index (χ0v) is 31.7. The zero-order valence-electron chi connectivity index (χ0n) is 31.7. The Morgan fingerprint density at radius 3 is 1.31 bits per heavy atom. The van der Waals surface area contributed by atoms with Crippen molar-refractivity contribution in [2.75, 3.05) is 4.90 Å². The Balaban J connectivity index is 1.02. The molecular formula is C56H37NO. The van der Waals surface area contributed by atoms with Gasteiger partial charge in [-0.3, -0.25) is 0 Å². The molecule has 2 heteroatoms. The quantitative estimate of drug-likeness (QED) is 0.151. The molecule has 0 saturated heterocycles. The SMILES string of the molecule is c1ccc(-c2cccc(-c3ccc(N(c4ccc(-c5cccc(-c6ccccc6)c5)cc4)c4ccc5c(ccc6ccc7c8ccccc8oc7c65)c4)cc3)c2)cc1. The second kappa shape index (κ2) is 14.1. The maximum Gasteiger partial charge on any atom is 0.143 e. The minimum Gasteiger partial charge on any atom is -0.455 e. The highest BCUT2D eigenvalue weighted by Crippen LogP contribution is 2.42. The molecule has 1 heterocycles. The van der Waals surface area contributed by atoms with Gasteiger partial charge in [-0.25, -0.2) is 0 Å². The lowest BCUT2D eigenvalue weighted by Gasteiger charge is -2.26. The van der Waals surface area contributed by atoms with Gasteiger partial charge in [0.1, 0.15) is 11.2 Å². The molecule has 0 N–H and O–H groups in total. The van der Waals surface area contributed by atoms with Gasteiger partial charge < -0.3 is 9.32 Å². The maximum atomic E-state index is 6.54. The van der Waals surface area contributed by atoms with Crippen molar-refractivity contribution in [3.05, 3.63) is 224 Å². The van der Waals surface area contributed by atoms with Gasteiger partial charge in [-0.2, -0.15) is 0 Å². The third kappa shape index (κ3) is 6.00. The summed E-state index contributed by atoms with van der Waals surface area (Å²) in [5.74, 6) is 0. The van der Waals surface area contributed by atoms with E-state index in [9.17, 15) is 0 Å². The Labute approximate surface area is 337 Å². The van der Waals surface area contributed by atoms with Crippen LogP contribution in [0.4, 0.5) is 17.1 Å². The van der Waals surface area contributed by atoms with Gasteiger partial charge in [-0.1, -0.05) is 164 Å². The number of fused-ring (bicyclic) bond motifs is 7. The Morgan fingerprint density at radius 2 is 0.724 bits per heavy atom. The van der Waals surface area contributed by atoms with Gasteiger partial charge in [-0.15, -0.1) is 0 Å². The van der Waals surface area contributed by atoms with E-state index in [1.165, 1.54) is 55.3 Å². The predicted molar refractivity (Wildman–Crippen MR) is 245 cm³/mol. The second-order valence-electron chi connectivity index (χ2n) is 14.9. The predicted octanol–water partition coefficient (Wildman–Crippen LogP) is 16.0. The molecule has 0 saturated carbocycles. The number of nitrogens with zero attached hydrogens (tertiary/aromatic N) is 1. The number of benzene rings is 10. The molecule has 11 aromatic rings. The van der Waals surface area contributed by atoms with Gasteiger partial charge in [0.05, 0.1) is 0 Å². The van der Waals surface area contributed by atoms with Crippen molar-refractivity contribution in [3.8, 4) is 44.5 Å². The first-order valence-electron chi connectivity index (χ1n) is 19.8. The summed E-state index contributed by atoms with van der Waals surface area (Å²) in [5, 5.41) is 6.94. The Morgan fingerprint density at radius 1 is 0.276 bits per heavy atom. The molecule has 0 aliphatic rings. The Bertz CT molecular complexity index is 3130. The van der Waals surface area contributed by atoms with Gasteiger partial charge >= 0.3 is 0 Å². The molecule has 1 aromatic heterocycles. The molecule has 58 heavy (non-hydrogen) atoms. The van der Waals surface area contributed by atoms with Crippen LogP contribution in [0.15, 0.2) is 229 Å². The lowest BCUT2D eigenvalue weighted by Crippen LogP contribution is -2.09. The average molecular weight is 740 g/mol. The van der Waals surface area contributed by atoms with Crippen LogP contribution >= 0.6 is 0 Å². The van der Waals surface area contributed by atoms with Crippen LogP contribution < -0.4 is 4.90 Å². The molecule has 11 rings (SSSR count). The van der Waals surface area contributed by atoms with Gasteiger partial charge in [0.15, 0.2) is 0 Å². The van der Waals surface area contributed by atoms with Crippen LogP contribution in [0.1, 0.15) is 0 Å². The van der Waals surface area contributed by atoms with Crippen LogP contribution in [0.3, 0.4) is 0 Å². The van der Waals surface area contributed by atoms with Crippen LogP contribution in [-0.2, 0) is 0 Å². The highest BCUT2D eigenvalue weighted by atomic mass is 16.3. The first-order valence-corrected chi connectivity index (χ1v) is 19.8. The first kappa shape index (κ1) is 33.6. The van der Waals surface area contributed by atoms with Gasteiger partial charge in [0.25, 0.3) is 0 Å². The molecule has 10 aromatic carbocycles. The largest absolute Gasteiger partial charge is 0.455 e. The minimum atomic E-state index is 0.912. The molecule has 0 unspecified atom stereocenters. The van der Waals surface area contributed by atoms with Crippen molar-refractivity contribution < 1.29 is 4.42 Å². The number of furan rings is 1. The fourth-order valence-electron chi connectivity index (χ4n) is 8.53. The van der Waals surface area contributed by atoms with E-state index >= 15 is 0 Å². The molecule has 2 nitrogen and oxygen atoms in total. The smallest absolute Gasteiger partial charge is 0.143 e. The summed E-state index contributed by atoms with van der Waals surface area (Å²) >= 11 is 0.